The van der Waals surface area contributed by atoms with Crippen LogP contribution in [0.3, 0.4) is 0 Å². The van der Waals surface area contributed by atoms with Gasteiger partial charge in [0.05, 0.1) is 5.57 Å². The lowest BCUT2D eigenvalue weighted by atomic mass is 9.94. The largest absolute Gasteiger partial charge is 0.456 e. The smallest absolute Gasteiger partial charge is 0.384 e. The van der Waals surface area contributed by atoms with Crippen molar-refractivity contribution in [1.82, 2.24) is 0 Å². The van der Waals surface area contributed by atoms with Crippen LogP contribution < -0.4 is 0 Å². The Kier molecular flexibility index (Phi) is 7.60. The van der Waals surface area contributed by atoms with Crippen LogP contribution in [0.2, 0.25) is 0 Å². The Balaban J connectivity index is 5.75. The highest BCUT2D eigenvalue weighted by Crippen LogP contribution is 2.58. The summed E-state index contributed by atoms with van der Waals surface area (Å²) in [4.78, 5) is 10.9. The molecule has 0 aliphatic rings. The van der Waals surface area contributed by atoms with Gasteiger partial charge in [-0.1, -0.05) is 6.58 Å². The van der Waals surface area contributed by atoms with Crippen molar-refractivity contribution in [3.63, 3.8) is 0 Å². The molecule has 1 atom stereocenters. The summed E-state index contributed by atoms with van der Waals surface area (Å²) in [6.07, 6.45) is -13.3. The summed E-state index contributed by atoms with van der Waals surface area (Å²) in [6.45, 7) is -1.08. The summed E-state index contributed by atoms with van der Waals surface area (Å²) < 4.78 is 194. The number of esters is 1. The van der Waals surface area contributed by atoms with E-state index in [-0.39, 0.29) is 0 Å². The molecule has 0 radical (unpaired) electrons. The third kappa shape index (κ3) is 4.51. The van der Waals surface area contributed by atoms with E-state index < -0.39 is 66.8 Å². The summed E-state index contributed by atoms with van der Waals surface area (Å²) >= 11 is 0. The standard InChI is InChI=1S/C12H7F15O2/c1-3(4(13)5(14)15)6(28)29-2-8(18,19)10(22,23)12(26,27)11(24,25)9(20,21)7(16)17/h4-5,7H,1-2H2. The van der Waals surface area contributed by atoms with Crippen LogP contribution in [0.1, 0.15) is 0 Å². The van der Waals surface area contributed by atoms with Gasteiger partial charge in [-0.25, -0.2) is 26.7 Å². The molecular formula is C12H7F15O2. The van der Waals surface area contributed by atoms with Crippen molar-refractivity contribution in [3.8, 4) is 0 Å². The minimum Gasteiger partial charge on any atom is -0.456 e. The van der Waals surface area contributed by atoms with E-state index in [1.165, 1.54) is 0 Å². The second-order valence-electron chi connectivity index (χ2n) is 5.19. The molecule has 0 heterocycles. The molecule has 0 fully saturated rings. The zero-order chi connectivity index (χ0) is 23.8. The van der Waals surface area contributed by atoms with Crippen molar-refractivity contribution in [2.75, 3.05) is 6.61 Å². The third-order valence-corrected chi connectivity index (χ3v) is 3.14. The topological polar surface area (TPSA) is 26.3 Å². The molecule has 29 heavy (non-hydrogen) atoms. The van der Waals surface area contributed by atoms with Crippen LogP contribution in [0.25, 0.3) is 0 Å². The van der Waals surface area contributed by atoms with E-state index in [4.69, 9.17) is 0 Å². The molecule has 0 aromatic carbocycles. The average molecular weight is 468 g/mol. The molecule has 0 aliphatic carbocycles. The number of hydrogen-bond acceptors (Lipinski definition) is 2. The van der Waals surface area contributed by atoms with Gasteiger partial charge in [0, 0.05) is 0 Å². The first-order chi connectivity index (χ1) is 12.6. The van der Waals surface area contributed by atoms with Gasteiger partial charge >= 0.3 is 42.0 Å². The Labute approximate surface area is 150 Å². The summed E-state index contributed by atoms with van der Waals surface area (Å²) in [5.41, 5.74) is -1.97. The average Bonchev–Trinajstić information content (AvgIpc) is 2.57. The number of ether oxygens (including phenoxy) is 1. The minimum atomic E-state index is -7.85. The van der Waals surface area contributed by atoms with Gasteiger partial charge in [-0.05, 0) is 0 Å². The third-order valence-electron chi connectivity index (χ3n) is 3.14. The highest BCUT2D eigenvalue weighted by Gasteiger charge is 2.87. The quantitative estimate of drug-likeness (QED) is 0.253. The van der Waals surface area contributed by atoms with E-state index in [9.17, 15) is 70.7 Å². The first-order valence-corrected chi connectivity index (χ1v) is 6.55. The van der Waals surface area contributed by atoms with Crippen LogP contribution in [0.4, 0.5) is 65.9 Å². The summed E-state index contributed by atoms with van der Waals surface area (Å²) in [6, 6.07) is 0. The van der Waals surface area contributed by atoms with Crippen LogP contribution in [0, 0.1) is 0 Å². The molecule has 2 nitrogen and oxygen atoms in total. The zero-order valence-electron chi connectivity index (χ0n) is 13.1. The number of alkyl halides is 15. The van der Waals surface area contributed by atoms with Crippen molar-refractivity contribution in [1.29, 1.82) is 0 Å². The molecule has 1 unspecified atom stereocenters. The number of hydrogen-bond donors (Lipinski definition) is 0. The van der Waals surface area contributed by atoms with E-state index in [0.29, 0.717) is 0 Å². The van der Waals surface area contributed by atoms with Gasteiger partial charge in [-0.15, -0.1) is 0 Å². The van der Waals surface area contributed by atoms with Crippen LogP contribution >= 0.6 is 0 Å². The van der Waals surface area contributed by atoms with Gasteiger partial charge in [0.15, 0.2) is 12.8 Å². The van der Waals surface area contributed by atoms with Crippen LogP contribution in [0.5, 0.6) is 0 Å². The molecule has 0 aromatic rings. The fourth-order valence-electron chi connectivity index (χ4n) is 1.38. The van der Waals surface area contributed by atoms with E-state index in [0.717, 1.165) is 0 Å². The highest BCUT2D eigenvalue weighted by molar-refractivity contribution is 5.88. The first kappa shape index (κ1) is 27.2. The molecular weight excluding hydrogens is 461 g/mol. The zero-order valence-corrected chi connectivity index (χ0v) is 13.1. The second-order valence-corrected chi connectivity index (χ2v) is 5.19. The van der Waals surface area contributed by atoms with E-state index in [1.807, 2.05) is 0 Å². The summed E-state index contributed by atoms with van der Waals surface area (Å²) in [5, 5.41) is 0. The lowest BCUT2D eigenvalue weighted by molar-refractivity contribution is -0.414. The Hall–Kier alpha value is -1.84. The lowest BCUT2D eigenvalue weighted by Gasteiger charge is -2.38. The molecule has 0 aliphatic heterocycles. The molecule has 0 spiro atoms. The molecule has 172 valence electrons. The van der Waals surface area contributed by atoms with Gasteiger partial charge < -0.3 is 4.74 Å². The summed E-state index contributed by atoms with van der Waals surface area (Å²) in [5.74, 6) is -39.6. The van der Waals surface area contributed by atoms with Crippen molar-refractivity contribution >= 4 is 5.97 Å². The van der Waals surface area contributed by atoms with Crippen LogP contribution in [-0.2, 0) is 9.53 Å². The molecule has 0 amide bonds. The predicted molar refractivity (Wildman–Crippen MR) is 61.7 cm³/mol. The molecule has 0 aromatic heterocycles. The van der Waals surface area contributed by atoms with Crippen LogP contribution in [-0.4, -0.2) is 61.2 Å². The maximum atomic E-state index is 13.3. The van der Waals surface area contributed by atoms with Crippen molar-refractivity contribution in [2.45, 2.75) is 48.6 Å². The van der Waals surface area contributed by atoms with E-state index in [1.54, 1.807) is 0 Å². The fraction of sp³-hybridized carbons (Fsp3) is 0.750. The van der Waals surface area contributed by atoms with E-state index >= 15 is 0 Å². The number of rotatable bonds is 10. The van der Waals surface area contributed by atoms with E-state index in [2.05, 4.69) is 11.3 Å². The monoisotopic (exact) mass is 468 g/mol. The van der Waals surface area contributed by atoms with Gasteiger partial charge in [0.2, 0.25) is 0 Å². The second kappa shape index (κ2) is 8.12. The van der Waals surface area contributed by atoms with Crippen molar-refractivity contribution < 1.29 is 75.4 Å². The molecule has 17 heteroatoms. The van der Waals surface area contributed by atoms with Gasteiger partial charge in [-0.3, -0.25) is 0 Å². The normalized spacial score (nSPS) is 15.6. The first-order valence-electron chi connectivity index (χ1n) is 6.55. The van der Waals surface area contributed by atoms with Crippen molar-refractivity contribution in [2.24, 2.45) is 0 Å². The molecule has 0 saturated carbocycles. The number of halogens is 15. The maximum absolute atomic E-state index is 13.3. The Morgan fingerprint density at radius 1 is 0.759 bits per heavy atom. The van der Waals surface area contributed by atoms with Crippen LogP contribution in [0.15, 0.2) is 12.2 Å². The highest BCUT2D eigenvalue weighted by atomic mass is 19.4. The molecule has 0 saturated heterocycles. The van der Waals surface area contributed by atoms with Gasteiger partial charge in [0.25, 0.3) is 6.43 Å². The summed E-state index contributed by atoms with van der Waals surface area (Å²) in [7, 11) is 0. The minimum absolute atomic E-state index is 1.97. The molecule has 0 N–H and O–H groups in total. The number of carbonyl (C=O) groups is 1. The molecule has 0 rings (SSSR count). The van der Waals surface area contributed by atoms with Crippen molar-refractivity contribution in [3.05, 3.63) is 12.2 Å². The lowest BCUT2D eigenvalue weighted by Crippen LogP contribution is -2.69. The SMILES string of the molecule is C=C(C(=O)OCC(F)(F)C(F)(F)C(F)(F)C(F)(F)C(F)(F)C(F)F)C(F)C(F)F. The molecule has 0 bridgehead atoms. The maximum Gasteiger partial charge on any atom is 0.384 e. The van der Waals surface area contributed by atoms with Gasteiger partial charge in [0.1, 0.15) is 0 Å². The Bertz CT molecular complexity index is 612. The Morgan fingerprint density at radius 2 is 1.17 bits per heavy atom. The Morgan fingerprint density at radius 3 is 1.52 bits per heavy atom. The predicted octanol–water partition coefficient (Wildman–Crippen LogP) is 5.13. The van der Waals surface area contributed by atoms with Gasteiger partial charge in [-0.2, -0.15) is 43.9 Å². The number of carbonyl (C=O) groups excluding carboxylic acids is 1. The fourth-order valence-corrected chi connectivity index (χ4v) is 1.38.